The van der Waals surface area contributed by atoms with Crippen LogP contribution in [-0.4, -0.2) is 30.8 Å². The molecule has 3 aromatic carbocycles. The van der Waals surface area contributed by atoms with Crippen LogP contribution in [0.5, 0.6) is 11.5 Å². The minimum Gasteiger partial charge on any atom is -0.457 e. The molecule has 0 aliphatic carbocycles. The summed E-state index contributed by atoms with van der Waals surface area (Å²) in [6.07, 6.45) is 0. The van der Waals surface area contributed by atoms with Crippen LogP contribution in [0.15, 0.2) is 83.8 Å². The molecule has 0 unspecified atom stereocenters. The normalized spacial score (nSPS) is 10.3. The van der Waals surface area contributed by atoms with Gasteiger partial charge < -0.3 is 14.8 Å². The van der Waals surface area contributed by atoms with Gasteiger partial charge >= 0.3 is 5.97 Å². The largest absolute Gasteiger partial charge is 0.457 e. The van der Waals surface area contributed by atoms with E-state index in [1.165, 1.54) is 5.56 Å². The van der Waals surface area contributed by atoms with E-state index in [0.717, 1.165) is 10.6 Å². The van der Waals surface area contributed by atoms with Crippen LogP contribution in [0.1, 0.15) is 15.9 Å². The molecule has 1 amide bonds. The molecule has 0 aromatic heterocycles. The van der Waals surface area contributed by atoms with Gasteiger partial charge in [-0.15, -0.1) is 11.8 Å². The molecular formula is C24H23NO4S. The number of thioether (sulfide) groups is 1. The number of nitrogens with one attached hydrogen (secondary N) is 1. The number of esters is 1. The second-order valence-corrected chi connectivity index (χ2v) is 7.70. The summed E-state index contributed by atoms with van der Waals surface area (Å²) >= 11 is 1.66. The minimum atomic E-state index is -0.551. The summed E-state index contributed by atoms with van der Waals surface area (Å²) in [4.78, 5) is 25.1. The molecule has 0 bridgehead atoms. The lowest BCUT2D eigenvalue weighted by Crippen LogP contribution is -2.30. The molecule has 0 heterocycles. The zero-order valence-electron chi connectivity index (χ0n) is 16.7. The minimum absolute atomic E-state index is 0.309. The molecule has 30 heavy (non-hydrogen) atoms. The van der Waals surface area contributed by atoms with Crippen LogP contribution in [0.25, 0.3) is 0 Å². The summed E-state index contributed by atoms with van der Waals surface area (Å²) in [5.41, 5.74) is 1.57. The highest BCUT2D eigenvalue weighted by Crippen LogP contribution is 2.21. The highest BCUT2D eigenvalue weighted by atomic mass is 32.2. The number of benzene rings is 3. The number of ether oxygens (including phenoxy) is 2. The van der Waals surface area contributed by atoms with E-state index < -0.39 is 5.97 Å². The predicted octanol–water partition coefficient (Wildman–Crippen LogP) is 4.85. The molecule has 0 saturated carbocycles. The molecule has 0 spiro atoms. The summed E-state index contributed by atoms with van der Waals surface area (Å²) in [5, 5.41) is 2.75. The Hall–Kier alpha value is -3.25. The standard InChI is InChI=1S/C24H23NO4S/c1-18-7-13-22(14-8-18)30-16-15-25-23(26)17-28-24(27)19-9-11-21(12-10-19)29-20-5-3-2-4-6-20/h2-14H,15-17H2,1H3,(H,25,26). The van der Waals surface area contributed by atoms with E-state index in [0.29, 0.717) is 23.6 Å². The Balaban J connectivity index is 1.36. The van der Waals surface area contributed by atoms with Gasteiger partial charge in [0.1, 0.15) is 11.5 Å². The second kappa shape index (κ2) is 11.1. The highest BCUT2D eigenvalue weighted by molar-refractivity contribution is 7.99. The third-order valence-corrected chi connectivity index (χ3v) is 5.13. The maximum absolute atomic E-state index is 12.1. The fraction of sp³-hybridized carbons (Fsp3) is 0.167. The van der Waals surface area contributed by atoms with Crippen molar-refractivity contribution in [3.63, 3.8) is 0 Å². The van der Waals surface area contributed by atoms with E-state index in [1.807, 2.05) is 37.3 Å². The number of para-hydroxylation sites is 1. The predicted molar refractivity (Wildman–Crippen MR) is 118 cm³/mol. The molecule has 6 heteroatoms. The fourth-order valence-electron chi connectivity index (χ4n) is 2.54. The summed E-state index contributed by atoms with van der Waals surface area (Å²) in [7, 11) is 0. The molecule has 3 rings (SSSR count). The summed E-state index contributed by atoms with van der Waals surface area (Å²) < 4.78 is 10.8. The van der Waals surface area contributed by atoms with Crippen LogP contribution in [0, 0.1) is 6.92 Å². The number of hydrogen-bond donors (Lipinski definition) is 1. The van der Waals surface area contributed by atoms with E-state index >= 15 is 0 Å². The molecule has 0 aliphatic rings. The van der Waals surface area contributed by atoms with Gasteiger partial charge in [0.15, 0.2) is 6.61 Å². The van der Waals surface area contributed by atoms with Crippen molar-refractivity contribution < 1.29 is 19.1 Å². The lowest BCUT2D eigenvalue weighted by Gasteiger charge is -2.08. The zero-order chi connectivity index (χ0) is 21.2. The van der Waals surface area contributed by atoms with Crippen LogP contribution in [0.2, 0.25) is 0 Å². The van der Waals surface area contributed by atoms with Crippen molar-refractivity contribution in [3.8, 4) is 11.5 Å². The quantitative estimate of drug-likeness (QED) is 0.304. The van der Waals surface area contributed by atoms with E-state index in [-0.39, 0.29) is 12.5 Å². The number of hydrogen-bond acceptors (Lipinski definition) is 5. The Labute approximate surface area is 180 Å². The molecule has 0 saturated heterocycles. The Kier molecular flexibility index (Phi) is 7.92. The first-order valence-electron chi connectivity index (χ1n) is 9.56. The second-order valence-electron chi connectivity index (χ2n) is 6.53. The first-order valence-corrected chi connectivity index (χ1v) is 10.5. The van der Waals surface area contributed by atoms with Crippen LogP contribution >= 0.6 is 11.8 Å². The van der Waals surface area contributed by atoms with Crippen LogP contribution in [0.4, 0.5) is 0 Å². The lowest BCUT2D eigenvalue weighted by molar-refractivity contribution is -0.124. The van der Waals surface area contributed by atoms with Gasteiger partial charge in [0.2, 0.25) is 0 Å². The Bertz CT molecular complexity index is 957. The van der Waals surface area contributed by atoms with E-state index in [1.54, 1.807) is 36.0 Å². The molecule has 0 aliphatic heterocycles. The molecule has 1 N–H and O–H groups in total. The number of amides is 1. The van der Waals surface area contributed by atoms with Crippen LogP contribution < -0.4 is 10.1 Å². The summed E-state index contributed by atoms with van der Waals surface area (Å²) in [5.74, 6) is 1.19. The number of rotatable bonds is 9. The number of carbonyl (C=O) groups is 2. The van der Waals surface area contributed by atoms with Crippen molar-refractivity contribution in [2.24, 2.45) is 0 Å². The fourth-order valence-corrected chi connectivity index (χ4v) is 3.31. The van der Waals surface area contributed by atoms with Crippen LogP contribution in [-0.2, 0) is 9.53 Å². The van der Waals surface area contributed by atoms with Gasteiger partial charge in [0.25, 0.3) is 5.91 Å². The average Bonchev–Trinajstić information content (AvgIpc) is 2.77. The van der Waals surface area contributed by atoms with Gasteiger partial charge in [-0.1, -0.05) is 35.9 Å². The van der Waals surface area contributed by atoms with Gasteiger partial charge in [-0.2, -0.15) is 0 Å². The Morgan fingerprint density at radius 1 is 0.867 bits per heavy atom. The van der Waals surface area contributed by atoms with Gasteiger partial charge in [-0.3, -0.25) is 4.79 Å². The van der Waals surface area contributed by atoms with Crippen molar-refractivity contribution in [1.29, 1.82) is 0 Å². The monoisotopic (exact) mass is 421 g/mol. The lowest BCUT2D eigenvalue weighted by atomic mass is 10.2. The zero-order valence-corrected chi connectivity index (χ0v) is 17.5. The third kappa shape index (κ3) is 6.97. The van der Waals surface area contributed by atoms with Crippen molar-refractivity contribution in [2.45, 2.75) is 11.8 Å². The van der Waals surface area contributed by atoms with Crippen molar-refractivity contribution in [1.82, 2.24) is 5.32 Å². The maximum Gasteiger partial charge on any atom is 0.338 e. The molecule has 0 fully saturated rings. The molecule has 3 aromatic rings. The Morgan fingerprint density at radius 3 is 2.23 bits per heavy atom. The van der Waals surface area contributed by atoms with Gasteiger partial charge in [-0.05, 0) is 55.5 Å². The molecule has 5 nitrogen and oxygen atoms in total. The van der Waals surface area contributed by atoms with Gasteiger partial charge in [-0.25, -0.2) is 4.79 Å². The average molecular weight is 422 g/mol. The smallest absolute Gasteiger partial charge is 0.338 e. The molecule has 0 radical (unpaired) electrons. The number of aryl methyl sites for hydroxylation is 1. The van der Waals surface area contributed by atoms with Gasteiger partial charge in [0, 0.05) is 17.2 Å². The summed E-state index contributed by atoms with van der Waals surface area (Å²) in [6.45, 7) is 2.24. The van der Waals surface area contributed by atoms with Crippen molar-refractivity contribution in [3.05, 3.63) is 90.0 Å². The van der Waals surface area contributed by atoms with Crippen LogP contribution in [0.3, 0.4) is 0 Å². The van der Waals surface area contributed by atoms with E-state index in [4.69, 9.17) is 9.47 Å². The van der Waals surface area contributed by atoms with E-state index in [9.17, 15) is 9.59 Å². The molecule has 154 valence electrons. The first kappa shape index (κ1) is 21.5. The Morgan fingerprint density at radius 2 is 1.53 bits per heavy atom. The van der Waals surface area contributed by atoms with Gasteiger partial charge in [0.05, 0.1) is 5.56 Å². The first-order chi connectivity index (χ1) is 14.6. The van der Waals surface area contributed by atoms with Crippen molar-refractivity contribution >= 4 is 23.6 Å². The molecular weight excluding hydrogens is 398 g/mol. The number of carbonyl (C=O) groups excluding carboxylic acids is 2. The topological polar surface area (TPSA) is 64.6 Å². The third-order valence-electron chi connectivity index (χ3n) is 4.12. The maximum atomic E-state index is 12.1. The summed E-state index contributed by atoms with van der Waals surface area (Å²) in [6, 6.07) is 24.2. The SMILES string of the molecule is Cc1ccc(SCCNC(=O)COC(=O)c2ccc(Oc3ccccc3)cc2)cc1. The van der Waals surface area contributed by atoms with E-state index in [2.05, 4.69) is 29.6 Å². The molecule has 0 atom stereocenters. The van der Waals surface area contributed by atoms with Crippen molar-refractivity contribution in [2.75, 3.05) is 18.9 Å². The highest BCUT2D eigenvalue weighted by Gasteiger charge is 2.10.